The Bertz CT molecular complexity index is 616. The molecule has 1 atom stereocenters. The minimum Gasteiger partial charge on any atom is -0.479 e. The van der Waals surface area contributed by atoms with Crippen molar-refractivity contribution in [1.82, 2.24) is 20.3 Å². The first-order valence-corrected chi connectivity index (χ1v) is 5.42. The average Bonchev–Trinajstić information content (AvgIpc) is 2.94. The molecule has 0 bridgehead atoms. The van der Waals surface area contributed by atoms with Crippen molar-refractivity contribution < 1.29 is 19.2 Å². The zero-order valence-corrected chi connectivity index (χ0v) is 10.3. The van der Waals surface area contributed by atoms with Crippen molar-refractivity contribution in [3.8, 4) is 0 Å². The van der Waals surface area contributed by atoms with Gasteiger partial charge < -0.3 is 14.9 Å². The fraction of sp³-hybridized carbons (Fsp3) is 0.273. The Labute approximate surface area is 108 Å². The lowest BCUT2D eigenvalue weighted by Crippen LogP contribution is -2.33. The number of carbonyl (C=O) groups excluding carboxylic acids is 1. The van der Waals surface area contributed by atoms with Gasteiger partial charge in [0.25, 0.3) is 5.91 Å². The van der Waals surface area contributed by atoms with Crippen molar-refractivity contribution in [3.63, 3.8) is 0 Å². The van der Waals surface area contributed by atoms with Gasteiger partial charge in [-0.15, -0.1) is 0 Å². The molecule has 0 radical (unpaired) electrons. The number of amides is 1. The third-order valence-electron chi connectivity index (χ3n) is 2.54. The normalized spacial score (nSPS) is 12.1. The molecule has 19 heavy (non-hydrogen) atoms. The molecule has 0 saturated heterocycles. The molecule has 0 aliphatic heterocycles. The summed E-state index contributed by atoms with van der Waals surface area (Å²) in [5.74, 6) is -1.82. The van der Waals surface area contributed by atoms with Crippen LogP contribution in [-0.4, -0.2) is 31.9 Å². The minimum atomic E-state index is -1.19. The van der Waals surface area contributed by atoms with Gasteiger partial charge in [-0.05, 0) is 6.92 Å². The summed E-state index contributed by atoms with van der Waals surface area (Å²) in [6.45, 7) is 1.64. The maximum atomic E-state index is 11.9. The Balaban J connectivity index is 2.21. The molecule has 2 rings (SSSR count). The molecule has 1 unspecified atom stereocenters. The molecule has 0 aliphatic rings. The van der Waals surface area contributed by atoms with E-state index in [1.54, 1.807) is 14.0 Å². The van der Waals surface area contributed by atoms with Crippen LogP contribution in [0.4, 0.5) is 0 Å². The summed E-state index contributed by atoms with van der Waals surface area (Å²) in [4.78, 5) is 23.1. The van der Waals surface area contributed by atoms with Gasteiger partial charge in [0.05, 0.1) is 12.4 Å². The molecule has 2 aromatic rings. The van der Waals surface area contributed by atoms with Crippen molar-refractivity contribution in [2.24, 2.45) is 7.05 Å². The molecule has 8 heteroatoms. The number of aryl methyl sites for hydroxylation is 2. The van der Waals surface area contributed by atoms with Crippen LogP contribution in [0.3, 0.4) is 0 Å². The maximum absolute atomic E-state index is 11.9. The van der Waals surface area contributed by atoms with Gasteiger partial charge in [-0.1, -0.05) is 5.16 Å². The van der Waals surface area contributed by atoms with E-state index in [0.29, 0.717) is 11.1 Å². The number of carboxylic acid groups (broad SMARTS) is 1. The van der Waals surface area contributed by atoms with E-state index in [1.165, 1.54) is 23.3 Å². The van der Waals surface area contributed by atoms with Crippen LogP contribution in [0.5, 0.6) is 0 Å². The van der Waals surface area contributed by atoms with E-state index in [9.17, 15) is 9.59 Å². The van der Waals surface area contributed by atoms with E-state index in [4.69, 9.17) is 9.63 Å². The highest BCUT2D eigenvalue weighted by molar-refractivity contribution is 5.95. The van der Waals surface area contributed by atoms with E-state index in [2.05, 4.69) is 15.6 Å². The molecule has 0 fully saturated rings. The first-order chi connectivity index (χ1) is 8.99. The molecule has 8 nitrogen and oxygen atoms in total. The molecule has 2 heterocycles. The van der Waals surface area contributed by atoms with E-state index in [1.807, 2.05) is 0 Å². The maximum Gasteiger partial charge on any atom is 0.331 e. The zero-order chi connectivity index (χ0) is 14.0. The van der Waals surface area contributed by atoms with Crippen molar-refractivity contribution >= 4 is 11.9 Å². The van der Waals surface area contributed by atoms with E-state index in [-0.39, 0.29) is 5.76 Å². The lowest BCUT2D eigenvalue weighted by atomic mass is 10.1. The molecule has 0 saturated carbocycles. The highest BCUT2D eigenvalue weighted by atomic mass is 16.5. The van der Waals surface area contributed by atoms with Crippen LogP contribution in [0.2, 0.25) is 0 Å². The number of aromatic nitrogens is 3. The fourth-order valence-electron chi connectivity index (χ4n) is 1.58. The van der Waals surface area contributed by atoms with Crippen molar-refractivity contribution in [2.75, 3.05) is 0 Å². The number of hydrogen-bond donors (Lipinski definition) is 2. The second-order valence-corrected chi connectivity index (χ2v) is 4.03. The quantitative estimate of drug-likeness (QED) is 0.820. The van der Waals surface area contributed by atoms with Gasteiger partial charge in [-0.2, -0.15) is 5.10 Å². The van der Waals surface area contributed by atoms with E-state index in [0.717, 1.165) is 0 Å². The van der Waals surface area contributed by atoms with Gasteiger partial charge in [0.2, 0.25) is 5.76 Å². The summed E-state index contributed by atoms with van der Waals surface area (Å²) in [6.07, 6.45) is 4.29. The predicted octanol–water partition coefficient (Wildman–Crippen LogP) is 0.272. The molecule has 100 valence electrons. The first kappa shape index (κ1) is 12.8. The Hall–Kier alpha value is -2.64. The van der Waals surface area contributed by atoms with E-state index >= 15 is 0 Å². The number of carboxylic acids is 1. The van der Waals surface area contributed by atoms with Gasteiger partial charge in [0.1, 0.15) is 0 Å². The summed E-state index contributed by atoms with van der Waals surface area (Å²) in [5.41, 5.74) is 0.911. The number of hydrogen-bond acceptors (Lipinski definition) is 5. The molecule has 2 N–H and O–H groups in total. The van der Waals surface area contributed by atoms with Gasteiger partial charge in [0.15, 0.2) is 6.04 Å². The van der Waals surface area contributed by atoms with E-state index < -0.39 is 17.9 Å². The largest absolute Gasteiger partial charge is 0.479 e. The minimum absolute atomic E-state index is 0.00450. The second kappa shape index (κ2) is 4.92. The summed E-state index contributed by atoms with van der Waals surface area (Å²) < 4.78 is 6.23. The summed E-state index contributed by atoms with van der Waals surface area (Å²) in [6, 6.07) is -1.19. The smallest absolute Gasteiger partial charge is 0.331 e. The fourth-order valence-corrected chi connectivity index (χ4v) is 1.58. The van der Waals surface area contributed by atoms with Gasteiger partial charge in [0, 0.05) is 24.4 Å². The SMILES string of the molecule is Cc1cnoc1C(=O)NC(C(=O)O)c1cnn(C)c1. The lowest BCUT2D eigenvalue weighted by Gasteiger charge is -2.11. The average molecular weight is 264 g/mol. The highest BCUT2D eigenvalue weighted by Gasteiger charge is 2.26. The number of aliphatic carboxylic acids is 1. The molecule has 1 amide bonds. The number of rotatable bonds is 4. The van der Waals surface area contributed by atoms with Crippen LogP contribution < -0.4 is 5.32 Å². The van der Waals surface area contributed by atoms with Crippen LogP contribution in [0.25, 0.3) is 0 Å². The lowest BCUT2D eigenvalue weighted by molar-refractivity contribution is -0.139. The Kier molecular flexibility index (Phi) is 3.32. The molecule has 2 aromatic heterocycles. The number of carbonyl (C=O) groups is 2. The van der Waals surface area contributed by atoms with Crippen molar-refractivity contribution in [3.05, 3.63) is 35.5 Å². The third-order valence-corrected chi connectivity index (χ3v) is 2.54. The number of nitrogens with one attached hydrogen (secondary N) is 1. The molecule has 0 aromatic carbocycles. The van der Waals surface area contributed by atoms with Gasteiger partial charge in [-0.3, -0.25) is 9.48 Å². The van der Waals surface area contributed by atoms with Crippen molar-refractivity contribution in [1.29, 1.82) is 0 Å². The van der Waals surface area contributed by atoms with Crippen LogP contribution in [-0.2, 0) is 11.8 Å². The summed E-state index contributed by atoms with van der Waals surface area (Å²) in [5, 5.41) is 18.9. The topological polar surface area (TPSA) is 110 Å². The van der Waals surface area contributed by atoms with Crippen LogP contribution >= 0.6 is 0 Å². The zero-order valence-electron chi connectivity index (χ0n) is 10.3. The van der Waals surface area contributed by atoms with Crippen LogP contribution in [0, 0.1) is 6.92 Å². The van der Waals surface area contributed by atoms with Gasteiger partial charge >= 0.3 is 5.97 Å². The molecular weight excluding hydrogens is 252 g/mol. The third kappa shape index (κ3) is 2.62. The first-order valence-electron chi connectivity index (χ1n) is 5.42. The number of nitrogens with zero attached hydrogens (tertiary/aromatic N) is 3. The summed E-state index contributed by atoms with van der Waals surface area (Å²) >= 11 is 0. The highest BCUT2D eigenvalue weighted by Crippen LogP contribution is 2.14. The summed E-state index contributed by atoms with van der Waals surface area (Å²) in [7, 11) is 1.66. The predicted molar refractivity (Wildman–Crippen MR) is 62.3 cm³/mol. The standard InChI is InChI=1S/C11H12N4O4/c1-6-3-13-19-9(6)10(16)14-8(11(17)18)7-4-12-15(2)5-7/h3-5,8H,1-2H3,(H,14,16)(H,17,18). The van der Waals surface area contributed by atoms with Gasteiger partial charge in [-0.25, -0.2) is 4.79 Å². The van der Waals surface area contributed by atoms with Crippen molar-refractivity contribution in [2.45, 2.75) is 13.0 Å². The van der Waals surface area contributed by atoms with Crippen LogP contribution in [0.1, 0.15) is 27.7 Å². The molecule has 0 spiro atoms. The Morgan fingerprint density at radius 2 is 2.21 bits per heavy atom. The Morgan fingerprint density at radius 3 is 2.68 bits per heavy atom. The monoisotopic (exact) mass is 264 g/mol. The Morgan fingerprint density at radius 1 is 1.47 bits per heavy atom. The molecule has 0 aliphatic carbocycles. The molecular formula is C11H12N4O4. The van der Waals surface area contributed by atoms with Crippen LogP contribution in [0.15, 0.2) is 23.1 Å². The second-order valence-electron chi connectivity index (χ2n) is 4.03.